The molecular weight excluding hydrogens is 416 g/mol. The Labute approximate surface area is 174 Å². The number of carbonyl (C=O) groups is 2. The van der Waals surface area contributed by atoms with Gasteiger partial charge in [-0.15, -0.1) is 0 Å². The van der Waals surface area contributed by atoms with Gasteiger partial charge in [-0.05, 0) is 31.0 Å². The Balaban J connectivity index is 1.57. The van der Waals surface area contributed by atoms with E-state index in [9.17, 15) is 18.0 Å². The molecule has 0 saturated heterocycles. The molecule has 2 N–H and O–H groups in total. The van der Waals surface area contributed by atoms with E-state index in [1.54, 1.807) is 36.4 Å². The molecule has 0 bridgehead atoms. The number of esters is 1. The fourth-order valence-corrected chi connectivity index (χ4v) is 3.93. The third-order valence-corrected chi connectivity index (χ3v) is 5.93. The Hall–Kier alpha value is -2.42. The quantitative estimate of drug-likeness (QED) is 0.588. The highest BCUT2D eigenvalue weighted by molar-refractivity contribution is 7.89. The van der Waals surface area contributed by atoms with Crippen molar-refractivity contribution in [1.82, 2.24) is 10.0 Å². The van der Waals surface area contributed by atoms with Crippen molar-refractivity contribution >= 4 is 33.5 Å². The second-order valence-corrected chi connectivity index (χ2v) is 8.87. The zero-order valence-electron chi connectivity index (χ0n) is 15.5. The molecule has 1 atom stereocenters. The van der Waals surface area contributed by atoms with Gasteiger partial charge in [-0.25, -0.2) is 13.1 Å². The van der Waals surface area contributed by atoms with E-state index >= 15 is 0 Å². The van der Waals surface area contributed by atoms with Crippen LogP contribution in [-0.2, 0) is 24.3 Å². The van der Waals surface area contributed by atoms with Gasteiger partial charge >= 0.3 is 5.97 Å². The van der Waals surface area contributed by atoms with E-state index in [0.29, 0.717) is 10.6 Å². The Morgan fingerprint density at radius 1 is 1.10 bits per heavy atom. The van der Waals surface area contributed by atoms with Crippen molar-refractivity contribution in [1.29, 1.82) is 0 Å². The number of sulfonamides is 1. The van der Waals surface area contributed by atoms with Gasteiger partial charge in [-0.2, -0.15) is 0 Å². The molecule has 1 unspecified atom stereocenters. The molecule has 0 aliphatic heterocycles. The molecule has 0 spiro atoms. The highest BCUT2D eigenvalue weighted by Gasteiger charge is 2.30. The van der Waals surface area contributed by atoms with Gasteiger partial charge in [-0.1, -0.05) is 48.0 Å². The fraction of sp³-hybridized carbons (Fsp3) is 0.300. The number of amides is 1. The number of nitrogens with one attached hydrogen (secondary N) is 2. The minimum Gasteiger partial charge on any atom is -0.447 e. The SMILES string of the molecule is O=C(CCNS(=O)(=O)c1cccc(Cl)c1)OC(C(=O)NC1CC1)c1ccccc1. The maximum Gasteiger partial charge on any atom is 0.308 e. The van der Waals surface area contributed by atoms with Gasteiger partial charge in [0.05, 0.1) is 11.3 Å². The predicted octanol–water partition coefficient (Wildman–Crippen LogP) is 2.57. The molecule has 1 aliphatic carbocycles. The summed E-state index contributed by atoms with van der Waals surface area (Å²) in [4.78, 5) is 24.7. The Morgan fingerprint density at radius 2 is 1.83 bits per heavy atom. The first-order chi connectivity index (χ1) is 13.8. The first kappa shape index (κ1) is 21.3. The molecule has 1 fully saturated rings. The average molecular weight is 437 g/mol. The molecule has 29 heavy (non-hydrogen) atoms. The van der Waals surface area contributed by atoms with Crippen molar-refractivity contribution in [3.63, 3.8) is 0 Å². The van der Waals surface area contributed by atoms with Crippen molar-refractivity contribution in [2.45, 2.75) is 36.3 Å². The third kappa shape index (κ3) is 6.28. The van der Waals surface area contributed by atoms with Crippen LogP contribution in [0.25, 0.3) is 0 Å². The van der Waals surface area contributed by atoms with E-state index in [0.717, 1.165) is 12.8 Å². The van der Waals surface area contributed by atoms with Crippen LogP contribution in [0.1, 0.15) is 30.9 Å². The highest BCUT2D eigenvalue weighted by atomic mass is 35.5. The lowest BCUT2D eigenvalue weighted by Gasteiger charge is -2.18. The number of benzene rings is 2. The lowest BCUT2D eigenvalue weighted by Crippen LogP contribution is -2.34. The Bertz CT molecular complexity index is 977. The van der Waals surface area contributed by atoms with Gasteiger partial charge in [0, 0.05) is 23.2 Å². The number of halogens is 1. The van der Waals surface area contributed by atoms with Gasteiger partial charge in [-0.3, -0.25) is 9.59 Å². The van der Waals surface area contributed by atoms with E-state index in [4.69, 9.17) is 16.3 Å². The number of hydrogen-bond donors (Lipinski definition) is 2. The molecule has 0 aromatic heterocycles. The van der Waals surface area contributed by atoms with Crippen molar-refractivity contribution in [3.8, 4) is 0 Å². The Morgan fingerprint density at radius 3 is 2.48 bits per heavy atom. The summed E-state index contributed by atoms with van der Waals surface area (Å²) in [6.07, 6.45) is 0.521. The van der Waals surface area contributed by atoms with E-state index < -0.39 is 22.1 Å². The summed E-state index contributed by atoms with van der Waals surface area (Å²) in [6, 6.07) is 14.6. The normalized spacial score (nSPS) is 14.8. The zero-order chi connectivity index (χ0) is 20.9. The van der Waals surface area contributed by atoms with Crippen LogP contribution in [0.5, 0.6) is 0 Å². The van der Waals surface area contributed by atoms with Crippen LogP contribution in [-0.4, -0.2) is 32.9 Å². The number of rotatable bonds is 9. The second-order valence-electron chi connectivity index (χ2n) is 6.67. The van der Waals surface area contributed by atoms with Crippen LogP contribution in [0.3, 0.4) is 0 Å². The Kier molecular flexibility index (Phi) is 6.89. The largest absolute Gasteiger partial charge is 0.447 e. The van der Waals surface area contributed by atoms with Crippen LogP contribution in [0.15, 0.2) is 59.5 Å². The number of ether oxygens (including phenoxy) is 1. The van der Waals surface area contributed by atoms with Crippen LogP contribution in [0.4, 0.5) is 0 Å². The number of hydrogen-bond acceptors (Lipinski definition) is 5. The van der Waals surface area contributed by atoms with Gasteiger partial charge in [0.25, 0.3) is 5.91 Å². The van der Waals surface area contributed by atoms with Crippen LogP contribution in [0, 0.1) is 0 Å². The van der Waals surface area contributed by atoms with Crippen LogP contribution >= 0.6 is 11.6 Å². The first-order valence-corrected chi connectivity index (χ1v) is 11.0. The molecule has 0 radical (unpaired) electrons. The molecule has 9 heteroatoms. The summed E-state index contributed by atoms with van der Waals surface area (Å²) >= 11 is 5.82. The smallest absolute Gasteiger partial charge is 0.308 e. The monoisotopic (exact) mass is 436 g/mol. The van der Waals surface area contributed by atoms with Gasteiger partial charge in [0.1, 0.15) is 0 Å². The topological polar surface area (TPSA) is 102 Å². The van der Waals surface area contributed by atoms with Gasteiger partial charge < -0.3 is 10.1 Å². The van der Waals surface area contributed by atoms with Crippen LogP contribution < -0.4 is 10.0 Å². The minimum absolute atomic E-state index is 0.00402. The summed E-state index contributed by atoms with van der Waals surface area (Å²) in [5.41, 5.74) is 0.554. The van der Waals surface area contributed by atoms with Gasteiger partial charge in [0.2, 0.25) is 16.1 Å². The molecule has 1 aliphatic rings. The minimum atomic E-state index is -3.80. The molecule has 1 amide bonds. The summed E-state index contributed by atoms with van der Waals surface area (Å²) in [6.45, 7) is -0.167. The van der Waals surface area contributed by atoms with E-state index in [2.05, 4.69) is 10.0 Å². The van der Waals surface area contributed by atoms with E-state index in [-0.39, 0.29) is 29.8 Å². The second kappa shape index (κ2) is 9.39. The molecule has 2 aromatic rings. The third-order valence-electron chi connectivity index (χ3n) is 4.24. The maximum absolute atomic E-state index is 12.5. The van der Waals surface area contributed by atoms with Crippen LogP contribution in [0.2, 0.25) is 5.02 Å². The maximum atomic E-state index is 12.5. The zero-order valence-corrected chi connectivity index (χ0v) is 17.1. The fourth-order valence-electron chi connectivity index (χ4n) is 2.60. The molecular formula is C20H21ClN2O5S. The summed E-state index contributed by atoms with van der Waals surface area (Å²) < 4.78 is 32.2. The van der Waals surface area contributed by atoms with Crippen molar-refractivity contribution in [2.75, 3.05) is 6.54 Å². The number of carbonyl (C=O) groups excluding carboxylic acids is 2. The lowest BCUT2D eigenvalue weighted by molar-refractivity contribution is -0.156. The molecule has 0 heterocycles. The van der Waals surface area contributed by atoms with E-state index in [1.807, 2.05) is 0 Å². The van der Waals surface area contributed by atoms with Crippen molar-refractivity contribution < 1.29 is 22.7 Å². The van der Waals surface area contributed by atoms with E-state index in [1.165, 1.54) is 18.2 Å². The molecule has 1 saturated carbocycles. The van der Waals surface area contributed by atoms with Gasteiger partial charge in [0.15, 0.2) is 0 Å². The predicted molar refractivity (Wildman–Crippen MR) is 108 cm³/mol. The molecule has 7 nitrogen and oxygen atoms in total. The summed E-state index contributed by atoms with van der Waals surface area (Å²) in [7, 11) is -3.80. The van der Waals surface area contributed by atoms with Crippen molar-refractivity contribution in [3.05, 3.63) is 65.2 Å². The highest BCUT2D eigenvalue weighted by Crippen LogP contribution is 2.23. The van der Waals surface area contributed by atoms with Crippen molar-refractivity contribution in [2.24, 2.45) is 0 Å². The molecule has 154 valence electrons. The lowest BCUT2D eigenvalue weighted by atomic mass is 10.1. The molecule has 2 aromatic carbocycles. The average Bonchev–Trinajstić information content (AvgIpc) is 3.50. The summed E-state index contributed by atoms with van der Waals surface area (Å²) in [5.74, 6) is -1.06. The molecule has 3 rings (SSSR count). The summed E-state index contributed by atoms with van der Waals surface area (Å²) in [5, 5.41) is 3.12. The standard InChI is InChI=1S/C20H21ClN2O5S/c21-15-7-4-8-17(13-15)29(26,27)22-12-11-18(24)28-19(14-5-2-1-3-6-14)20(25)23-16-9-10-16/h1-8,13,16,19,22H,9-12H2,(H,23,25). The first-order valence-electron chi connectivity index (χ1n) is 9.15.